The third-order valence-corrected chi connectivity index (χ3v) is 4.22. The highest BCUT2D eigenvalue weighted by molar-refractivity contribution is 5.99. The van der Waals surface area contributed by atoms with Crippen LogP contribution in [0.2, 0.25) is 0 Å². The number of halogens is 1. The van der Waals surface area contributed by atoms with Crippen molar-refractivity contribution in [2.75, 3.05) is 6.54 Å². The van der Waals surface area contributed by atoms with Crippen LogP contribution in [-0.2, 0) is 5.41 Å². The zero-order valence-corrected chi connectivity index (χ0v) is 15.6. The lowest BCUT2D eigenvalue weighted by Gasteiger charge is -2.13. The second-order valence-corrected chi connectivity index (χ2v) is 7.43. The Morgan fingerprint density at radius 1 is 1.36 bits per heavy atom. The molecule has 136 valence electrons. The van der Waals surface area contributed by atoms with Crippen LogP contribution in [0.5, 0.6) is 0 Å². The fraction of sp³-hybridized carbons (Fsp3) is 0.500. The molecule has 0 spiro atoms. The Morgan fingerprint density at radius 3 is 2.64 bits per heavy atom. The van der Waals surface area contributed by atoms with Gasteiger partial charge in [-0.1, -0.05) is 38.1 Å². The van der Waals surface area contributed by atoms with Crippen molar-refractivity contribution in [1.29, 1.82) is 0 Å². The van der Waals surface area contributed by atoms with Crippen molar-refractivity contribution in [2.45, 2.75) is 45.1 Å². The zero-order valence-electron chi connectivity index (χ0n) is 14.8. The van der Waals surface area contributed by atoms with Gasteiger partial charge >= 0.3 is 0 Å². The van der Waals surface area contributed by atoms with E-state index in [-0.39, 0.29) is 29.8 Å². The first-order valence-electron chi connectivity index (χ1n) is 8.33. The summed E-state index contributed by atoms with van der Waals surface area (Å²) in [7, 11) is 0. The molecule has 3 N–H and O–H groups in total. The molecule has 1 atom stereocenters. The van der Waals surface area contributed by atoms with Crippen molar-refractivity contribution in [1.82, 2.24) is 15.5 Å². The van der Waals surface area contributed by atoms with Gasteiger partial charge in [0.05, 0.1) is 11.1 Å². The molecule has 0 aliphatic heterocycles. The molecule has 2 aromatic rings. The van der Waals surface area contributed by atoms with Crippen molar-refractivity contribution in [2.24, 2.45) is 11.7 Å². The average Bonchev–Trinajstić information content (AvgIpc) is 3.27. The summed E-state index contributed by atoms with van der Waals surface area (Å²) < 4.78 is 5.38. The number of carbonyl (C=O) groups excluding carboxylic acids is 1. The molecule has 0 radical (unpaired) electrons. The molecule has 25 heavy (non-hydrogen) atoms. The summed E-state index contributed by atoms with van der Waals surface area (Å²) in [6, 6.07) is 7.27. The van der Waals surface area contributed by atoms with E-state index in [2.05, 4.69) is 15.5 Å². The van der Waals surface area contributed by atoms with Crippen LogP contribution in [0.1, 0.15) is 49.8 Å². The summed E-state index contributed by atoms with van der Waals surface area (Å²) in [6.45, 7) is 6.52. The summed E-state index contributed by atoms with van der Waals surface area (Å²) >= 11 is 0. The maximum absolute atomic E-state index is 12.5. The van der Waals surface area contributed by atoms with Crippen molar-refractivity contribution < 1.29 is 9.32 Å². The molecule has 1 aliphatic carbocycles. The molecule has 0 saturated heterocycles. The maximum Gasteiger partial charge on any atom is 0.258 e. The molecule has 0 bridgehead atoms. The van der Waals surface area contributed by atoms with Gasteiger partial charge in [0.15, 0.2) is 5.82 Å². The Bertz CT molecular complexity index is 735. The van der Waals surface area contributed by atoms with Crippen molar-refractivity contribution in [3.05, 3.63) is 35.7 Å². The van der Waals surface area contributed by atoms with E-state index in [9.17, 15) is 4.79 Å². The lowest BCUT2D eigenvalue weighted by atomic mass is 9.96. The number of aromatic nitrogens is 2. The van der Waals surface area contributed by atoms with Crippen molar-refractivity contribution in [3.63, 3.8) is 0 Å². The Labute approximate surface area is 154 Å². The predicted molar refractivity (Wildman–Crippen MR) is 98.7 cm³/mol. The van der Waals surface area contributed by atoms with E-state index < -0.39 is 0 Å². The first kappa shape index (κ1) is 19.4. The van der Waals surface area contributed by atoms with Gasteiger partial charge in [0.25, 0.3) is 11.8 Å². The number of nitrogens with one attached hydrogen (secondary N) is 1. The smallest absolute Gasteiger partial charge is 0.258 e. The maximum atomic E-state index is 12.5. The SMILES string of the molecule is CC(C)(C)c1noc(-c2ccccc2C(=O)NCC(N)C2CC2)n1.Cl. The summed E-state index contributed by atoms with van der Waals surface area (Å²) in [6.07, 6.45) is 2.32. The van der Waals surface area contributed by atoms with Crippen molar-refractivity contribution in [3.8, 4) is 11.5 Å². The van der Waals surface area contributed by atoms with Gasteiger partial charge in [-0.05, 0) is 30.9 Å². The molecule has 1 heterocycles. The van der Waals surface area contributed by atoms with Crippen LogP contribution < -0.4 is 11.1 Å². The van der Waals surface area contributed by atoms with Crippen LogP contribution in [0.3, 0.4) is 0 Å². The lowest BCUT2D eigenvalue weighted by molar-refractivity contribution is 0.0950. The van der Waals surface area contributed by atoms with Crippen LogP contribution in [0.15, 0.2) is 28.8 Å². The highest BCUT2D eigenvalue weighted by atomic mass is 35.5. The molecule has 1 aromatic carbocycles. The van der Waals surface area contributed by atoms with Crippen LogP contribution in [-0.4, -0.2) is 28.6 Å². The van der Waals surface area contributed by atoms with Gasteiger partial charge in [0, 0.05) is 18.0 Å². The number of nitrogens with zero attached hydrogens (tertiary/aromatic N) is 2. The summed E-state index contributed by atoms with van der Waals surface area (Å²) in [5, 5.41) is 6.95. The minimum absolute atomic E-state index is 0. The summed E-state index contributed by atoms with van der Waals surface area (Å²) in [5.41, 5.74) is 6.99. The van der Waals surface area contributed by atoms with Gasteiger partial charge in [-0.15, -0.1) is 12.4 Å². The van der Waals surface area contributed by atoms with E-state index in [0.29, 0.717) is 35.3 Å². The third-order valence-electron chi connectivity index (χ3n) is 4.22. The standard InChI is InChI=1S/C18H24N4O2.ClH/c1-18(2,3)17-21-16(24-22-17)13-7-5-4-6-12(13)15(23)20-10-14(19)11-8-9-11;/h4-7,11,14H,8-10,19H2,1-3H3,(H,20,23);1H. The lowest BCUT2D eigenvalue weighted by Crippen LogP contribution is -2.38. The molecule has 7 heteroatoms. The summed E-state index contributed by atoms with van der Waals surface area (Å²) in [5.74, 6) is 1.35. The molecule has 1 fully saturated rings. The first-order valence-corrected chi connectivity index (χ1v) is 8.33. The van der Waals surface area contributed by atoms with Gasteiger partial charge in [0.1, 0.15) is 0 Å². The van der Waals surface area contributed by atoms with Gasteiger partial charge < -0.3 is 15.6 Å². The van der Waals surface area contributed by atoms with Gasteiger partial charge in [-0.3, -0.25) is 4.79 Å². The third kappa shape index (κ3) is 4.58. The second kappa shape index (κ2) is 7.54. The first-order chi connectivity index (χ1) is 11.4. The van der Waals surface area contributed by atoms with E-state index in [0.717, 1.165) is 12.8 Å². The van der Waals surface area contributed by atoms with Crippen molar-refractivity contribution >= 4 is 18.3 Å². The molecule has 3 rings (SSSR count). The van der Waals surface area contributed by atoms with E-state index in [1.54, 1.807) is 6.07 Å². The molecule has 1 aromatic heterocycles. The molecular weight excluding hydrogens is 340 g/mol. The normalized spacial score (nSPS) is 15.4. The fourth-order valence-corrected chi connectivity index (χ4v) is 2.50. The minimum atomic E-state index is -0.212. The Kier molecular flexibility index (Phi) is 5.85. The number of amides is 1. The van der Waals surface area contributed by atoms with Crippen LogP contribution in [0, 0.1) is 5.92 Å². The Balaban J connectivity index is 0.00000225. The monoisotopic (exact) mass is 364 g/mol. The van der Waals surface area contributed by atoms with Gasteiger partial charge in [0.2, 0.25) is 0 Å². The molecule has 1 unspecified atom stereocenters. The molecule has 1 saturated carbocycles. The van der Waals surface area contributed by atoms with E-state index >= 15 is 0 Å². The predicted octanol–water partition coefficient (Wildman–Crippen LogP) is 2.92. The quantitative estimate of drug-likeness (QED) is 0.850. The van der Waals surface area contributed by atoms with E-state index in [1.807, 2.05) is 39.0 Å². The van der Waals surface area contributed by atoms with E-state index in [4.69, 9.17) is 10.3 Å². The number of benzene rings is 1. The molecule has 1 aliphatic rings. The average molecular weight is 365 g/mol. The minimum Gasteiger partial charge on any atom is -0.350 e. The molecular formula is C18H25ClN4O2. The summed E-state index contributed by atoms with van der Waals surface area (Å²) in [4.78, 5) is 17.0. The number of rotatable bonds is 5. The topological polar surface area (TPSA) is 94.0 Å². The largest absolute Gasteiger partial charge is 0.350 e. The second-order valence-electron chi connectivity index (χ2n) is 7.43. The van der Waals surface area contributed by atoms with Crippen LogP contribution in [0.4, 0.5) is 0 Å². The zero-order chi connectivity index (χ0) is 17.3. The number of carbonyl (C=O) groups is 1. The Morgan fingerprint density at radius 2 is 2.04 bits per heavy atom. The highest BCUT2D eigenvalue weighted by Crippen LogP contribution is 2.31. The van der Waals surface area contributed by atoms with E-state index in [1.165, 1.54) is 0 Å². The highest BCUT2D eigenvalue weighted by Gasteiger charge is 2.29. The van der Waals surface area contributed by atoms with Gasteiger partial charge in [-0.2, -0.15) is 4.98 Å². The molecule has 1 amide bonds. The fourth-order valence-electron chi connectivity index (χ4n) is 2.50. The number of hydrogen-bond donors (Lipinski definition) is 2. The number of nitrogens with two attached hydrogens (primary N) is 1. The van der Waals surface area contributed by atoms with Crippen LogP contribution >= 0.6 is 12.4 Å². The van der Waals surface area contributed by atoms with Gasteiger partial charge in [-0.25, -0.2) is 0 Å². The Hall–Kier alpha value is -1.92. The van der Waals surface area contributed by atoms with Crippen LogP contribution in [0.25, 0.3) is 11.5 Å². The number of hydrogen-bond acceptors (Lipinski definition) is 5. The molecule has 6 nitrogen and oxygen atoms in total.